The second-order valence-corrected chi connectivity index (χ2v) is 1.98. The fourth-order valence-electron chi connectivity index (χ4n) is 0.781. The van der Waals surface area contributed by atoms with Crippen LogP contribution in [0.25, 0.3) is 0 Å². The van der Waals surface area contributed by atoms with Crippen molar-refractivity contribution < 1.29 is 0 Å². The molecule has 0 aromatic heterocycles. The quantitative estimate of drug-likeness (QED) is 0.526. The Morgan fingerprint density at radius 1 is 1.22 bits per heavy atom. The molecule has 0 N–H and O–H groups in total. The first-order valence-corrected chi connectivity index (χ1v) is 3.08. The van der Waals surface area contributed by atoms with Crippen LogP contribution in [0.5, 0.6) is 0 Å². The average Bonchev–Trinajstić information content (AvgIpc) is 1.91. The first-order chi connectivity index (χ1) is 4.43. The van der Waals surface area contributed by atoms with E-state index in [9.17, 15) is 0 Å². The number of allylic oxidation sites excluding steroid dienone is 1. The Morgan fingerprint density at radius 2 is 1.89 bits per heavy atom. The molecule has 0 aliphatic carbocycles. The Balaban J connectivity index is 2.72. The summed E-state index contributed by atoms with van der Waals surface area (Å²) in [6.07, 6.45) is 2.89. The molecule has 1 rings (SSSR count). The van der Waals surface area contributed by atoms with Crippen molar-refractivity contribution in [1.29, 1.82) is 0 Å². The van der Waals surface area contributed by atoms with Gasteiger partial charge in [0.1, 0.15) is 0 Å². The van der Waals surface area contributed by atoms with E-state index in [2.05, 4.69) is 18.7 Å². The van der Waals surface area contributed by atoms with Gasteiger partial charge >= 0.3 is 0 Å². The lowest BCUT2D eigenvalue weighted by Crippen LogP contribution is -1.75. The predicted molar refractivity (Wildman–Crippen MR) is 40.3 cm³/mol. The molecule has 0 saturated heterocycles. The van der Waals surface area contributed by atoms with E-state index in [0.717, 1.165) is 6.42 Å². The Bertz CT molecular complexity index is 174. The van der Waals surface area contributed by atoms with Gasteiger partial charge in [0.15, 0.2) is 0 Å². The Kier molecular flexibility index (Phi) is 2.08. The molecule has 1 aromatic rings. The lowest BCUT2D eigenvalue weighted by atomic mass is 10.3. The van der Waals surface area contributed by atoms with Crippen molar-refractivity contribution in [3.8, 4) is 0 Å². The van der Waals surface area contributed by atoms with E-state index in [1.165, 1.54) is 5.56 Å². The maximum atomic E-state index is 3.66. The number of benzene rings is 1. The number of hydrogen-bond donors (Lipinski definition) is 0. The van der Waals surface area contributed by atoms with E-state index >= 15 is 0 Å². The van der Waals surface area contributed by atoms with E-state index in [-0.39, 0.29) is 0 Å². The van der Waals surface area contributed by atoms with Crippen molar-refractivity contribution in [3.05, 3.63) is 48.6 Å². The molecule has 0 fully saturated rings. The van der Waals surface area contributed by atoms with Crippen LogP contribution in [-0.4, -0.2) is 0 Å². The largest absolute Gasteiger partial charge is 0.103 e. The van der Waals surface area contributed by atoms with Gasteiger partial charge in [0.2, 0.25) is 0 Å². The summed E-state index contributed by atoms with van der Waals surface area (Å²) in [5.41, 5.74) is 1.33. The molecule has 0 atom stereocenters. The van der Waals surface area contributed by atoms with Crippen molar-refractivity contribution in [2.24, 2.45) is 0 Å². The molecular weight excluding hydrogens is 110 g/mol. The summed E-state index contributed by atoms with van der Waals surface area (Å²) >= 11 is 0. The third-order valence-corrected chi connectivity index (χ3v) is 1.22. The van der Waals surface area contributed by atoms with Gasteiger partial charge < -0.3 is 0 Å². The summed E-state index contributed by atoms with van der Waals surface area (Å²) in [6.45, 7) is 3.66. The van der Waals surface area contributed by atoms with Gasteiger partial charge in [-0.05, 0) is 12.0 Å². The number of hydrogen-bond acceptors (Lipinski definition) is 0. The van der Waals surface area contributed by atoms with Crippen molar-refractivity contribution >= 4 is 0 Å². The first kappa shape index (κ1) is 6.09. The third kappa shape index (κ3) is 1.73. The van der Waals surface area contributed by atoms with E-state index in [0.29, 0.717) is 0 Å². The lowest BCUT2D eigenvalue weighted by Gasteiger charge is -1.91. The highest BCUT2D eigenvalue weighted by molar-refractivity contribution is 5.16. The van der Waals surface area contributed by atoms with Crippen LogP contribution in [-0.2, 0) is 6.42 Å². The zero-order chi connectivity index (χ0) is 6.53. The molecule has 0 unspecified atom stereocenters. The molecule has 0 nitrogen and oxygen atoms in total. The topological polar surface area (TPSA) is 0 Å². The predicted octanol–water partition coefficient (Wildman–Crippen LogP) is 2.42. The van der Waals surface area contributed by atoms with Crippen molar-refractivity contribution in [3.63, 3.8) is 0 Å². The van der Waals surface area contributed by atoms with E-state index in [4.69, 9.17) is 0 Å². The van der Waals surface area contributed by atoms with Crippen LogP contribution in [0.4, 0.5) is 0 Å². The third-order valence-electron chi connectivity index (χ3n) is 1.22. The summed E-state index contributed by atoms with van der Waals surface area (Å²) in [5.74, 6) is 0. The Labute approximate surface area is 55.8 Å². The molecule has 0 radical (unpaired) electrons. The minimum absolute atomic E-state index is 0.973. The van der Waals surface area contributed by atoms with Gasteiger partial charge in [-0.2, -0.15) is 0 Å². The standard InChI is InChI=1S/C9H10/c1-2-6-9-7-4-3-5-8-9/h2-5,7-8H,1,6H2/i6+2. The SMILES string of the molecule is C=C[14CH2]c1ccccc1. The fraction of sp³-hybridized carbons (Fsp3) is 0.111. The molecule has 0 saturated carbocycles. The molecule has 0 spiro atoms. The second-order valence-electron chi connectivity index (χ2n) is 1.98. The smallest absolute Gasteiger partial charge is 0.0100 e. The normalized spacial score (nSPS) is 8.89. The molecule has 1 aromatic carbocycles. The number of rotatable bonds is 2. The highest BCUT2D eigenvalue weighted by atomic mass is 14.8. The van der Waals surface area contributed by atoms with Crippen LogP contribution in [0.2, 0.25) is 0 Å². The Hall–Kier alpha value is -1.04. The van der Waals surface area contributed by atoms with E-state index in [1.807, 2.05) is 24.3 Å². The summed E-state index contributed by atoms with van der Waals surface area (Å²) in [6, 6.07) is 10.3. The maximum Gasteiger partial charge on any atom is -0.0100 e. The molecule has 0 aliphatic rings. The molecule has 46 valence electrons. The summed E-state index contributed by atoms with van der Waals surface area (Å²) in [7, 11) is 0. The second kappa shape index (κ2) is 3.08. The molecule has 0 amide bonds. The fourth-order valence-corrected chi connectivity index (χ4v) is 0.781. The molecular formula is C9H10. The van der Waals surface area contributed by atoms with E-state index in [1.54, 1.807) is 0 Å². The highest BCUT2D eigenvalue weighted by Crippen LogP contribution is 1.98. The summed E-state index contributed by atoms with van der Waals surface area (Å²) in [4.78, 5) is 0. The van der Waals surface area contributed by atoms with Gasteiger partial charge in [-0.1, -0.05) is 36.4 Å². The van der Waals surface area contributed by atoms with Crippen molar-refractivity contribution in [2.75, 3.05) is 0 Å². The maximum absolute atomic E-state index is 3.66. The zero-order valence-corrected chi connectivity index (χ0v) is 5.38. The Morgan fingerprint density at radius 3 is 2.44 bits per heavy atom. The van der Waals surface area contributed by atoms with Crippen molar-refractivity contribution in [2.45, 2.75) is 6.42 Å². The van der Waals surface area contributed by atoms with Crippen LogP contribution in [0.15, 0.2) is 43.0 Å². The molecule has 0 heteroatoms. The minimum atomic E-state index is 0.973. The molecule has 0 aliphatic heterocycles. The highest BCUT2D eigenvalue weighted by Gasteiger charge is 1.82. The monoisotopic (exact) mass is 120 g/mol. The molecule has 9 heavy (non-hydrogen) atoms. The van der Waals surface area contributed by atoms with Gasteiger partial charge in [0, 0.05) is 0 Å². The lowest BCUT2D eigenvalue weighted by molar-refractivity contribution is 1.28. The summed E-state index contributed by atoms with van der Waals surface area (Å²) < 4.78 is 0. The van der Waals surface area contributed by atoms with Crippen LogP contribution in [0.3, 0.4) is 0 Å². The van der Waals surface area contributed by atoms with Crippen molar-refractivity contribution in [1.82, 2.24) is 0 Å². The van der Waals surface area contributed by atoms with Gasteiger partial charge in [0.25, 0.3) is 0 Å². The zero-order valence-electron chi connectivity index (χ0n) is 5.38. The van der Waals surface area contributed by atoms with Gasteiger partial charge in [-0.3, -0.25) is 0 Å². The van der Waals surface area contributed by atoms with Gasteiger partial charge in [-0.25, -0.2) is 0 Å². The summed E-state index contributed by atoms with van der Waals surface area (Å²) in [5, 5.41) is 0. The first-order valence-electron chi connectivity index (χ1n) is 3.08. The van der Waals surface area contributed by atoms with Gasteiger partial charge in [0.05, 0.1) is 0 Å². The minimum Gasteiger partial charge on any atom is -0.103 e. The van der Waals surface area contributed by atoms with E-state index < -0.39 is 0 Å². The molecule has 0 bridgehead atoms. The van der Waals surface area contributed by atoms with Gasteiger partial charge in [-0.15, -0.1) is 6.58 Å². The van der Waals surface area contributed by atoms with Crippen LogP contribution in [0, 0.1) is 0 Å². The van der Waals surface area contributed by atoms with Crippen LogP contribution >= 0.6 is 0 Å². The average molecular weight is 120 g/mol. The molecule has 0 heterocycles. The van der Waals surface area contributed by atoms with Crippen LogP contribution in [0.1, 0.15) is 5.56 Å². The van der Waals surface area contributed by atoms with Crippen LogP contribution < -0.4 is 0 Å².